The normalized spacial score (nSPS) is 24.2. The van der Waals surface area contributed by atoms with Gasteiger partial charge in [0.2, 0.25) is 5.91 Å². The zero-order valence-electron chi connectivity index (χ0n) is 11.9. The van der Waals surface area contributed by atoms with Crippen LogP contribution in [-0.4, -0.2) is 18.2 Å². The summed E-state index contributed by atoms with van der Waals surface area (Å²) in [7, 11) is 0. The first-order valence-corrected chi connectivity index (χ1v) is 7.84. The number of hydrogen-bond donors (Lipinski definition) is 2. The summed E-state index contributed by atoms with van der Waals surface area (Å²) in [6, 6.07) is 8.50. The van der Waals surface area contributed by atoms with Crippen LogP contribution >= 0.6 is 0 Å². The second kappa shape index (κ2) is 6.21. The van der Waals surface area contributed by atoms with Crippen LogP contribution in [0.25, 0.3) is 0 Å². The van der Waals surface area contributed by atoms with E-state index >= 15 is 0 Å². The molecule has 1 aliphatic carbocycles. The van der Waals surface area contributed by atoms with E-state index in [1.807, 2.05) is 30.5 Å². The van der Waals surface area contributed by atoms with Crippen molar-refractivity contribution in [3.8, 4) is 0 Å². The lowest BCUT2D eigenvalue weighted by Crippen LogP contribution is -2.77. The van der Waals surface area contributed by atoms with Gasteiger partial charge in [0.15, 0.2) is 6.21 Å². The Morgan fingerprint density at radius 1 is 1.05 bits per heavy atom. The number of carbonyl (C=O) groups is 1. The van der Waals surface area contributed by atoms with Gasteiger partial charge in [-0.1, -0.05) is 37.5 Å². The lowest BCUT2D eigenvalue weighted by molar-refractivity contribution is -0.502. The summed E-state index contributed by atoms with van der Waals surface area (Å²) >= 11 is 0. The lowest BCUT2D eigenvalue weighted by Gasteiger charge is -2.12. The van der Waals surface area contributed by atoms with Gasteiger partial charge in [0.25, 0.3) is 0 Å². The van der Waals surface area contributed by atoms with Crippen LogP contribution in [0, 0.1) is 0 Å². The van der Waals surface area contributed by atoms with Gasteiger partial charge < -0.3 is 5.32 Å². The van der Waals surface area contributed by atoms with Gasteiger partial charge in [-0.2, -0.15) is 0 Å². The second-order valence-corrected chi connectivity index (χ2v) is 5.93. The highest BCUT2D eigenvalue weighted by Crippen LogP contribution is 2.30. The first-order chi connectivity index (χ1) is 9.84. The predicted molar refractivity (Wildman–Crippen MR) is 80.9 cm³/mol. The molecule has 106 valence electrons. The van der Waals surface area contributed by atoms with Gasteiger partial charge >= 0.3 is 0 Å². The number of nitrogens with one attached hydrogen (secondary N) is 2. The number of rotatable bonds is 2. The minimum atomic E-state index is -0.142. The number of fused-ring (bicyclic) bond motifs is 1. The molecular formula is C17H23N2O+. The van der Waals surface area contributed by atoms with Crippen molar-refractivity contribution < 1.29 is 9.79 Å². The second-order valence-electron chi connectivity index (χ2n) is 5.93. The Balaban J connectivity index is 1.70. The van der Waals surface area contributed by atoms with Crippen molar-refractivity contribution in [1.29, 1.82) is 0 Å². The quantitative estimate of drug-likeness (QED) is 0.794. The highest BCUT2D eigenvalue weighted by Gasteiger charge is 2.31. The highest BCUT2D eigenvalue weighted by molar-refractivity contribution is 6.11. The van der Waals surface area contributed by atoms with Crippen molar-refractivity contribution in [3.05, 3.63) is 29.8 Å². The van der Waals surface area contributed by atoms with Crippen LogP contribution in [0.15, 0.2) is 24.3 Å². The highest BCUT2D eigenvalue weighted by atomic mass is 16.2. The molecule has 3 nitrogen and oxygen atoms in total. The van der Waals surface area contributed by atoms with E-state index in [4.69, 9.17) is 0 Å². The molecule has 0 saturated heterocycles. The van der Waals surface area contributed by atoms with E-state index in [0.29, 0.717) is 6.04 Å². The average molecular weight is 271 g/mol. The van der Waals surface area contributed by atoms with E-state index < -0.39 is 0 Å². The third kappa shape index (κ3) is 2.92. The molecule has 0 bridgehead atoms. The van der Waals surface area contributed by atoms with Crippen molar-refractivity contribution in [2.75, 3.05) is 5.32 Å². The van der Waals surface area contributed by atoms with E-state index in [1.54, 1.807) is 0 Å². The summed E-state index contributed by atoms with van der Waals surface area (Å²) in [5.41, 5.74) is 2.05. The standard InChI is InChI=1S/C17H22N2O/c20-17-15(14-10-6-7-11-16(14)19-17)12-18-13-8-4-2-1-3-5-9-13/h6-7,10-13,15H,1-5,8-9H2,(H,19,20)/p+1. The fourth-order valence-corrected chi connectivity index (χ4v) is 3.25. The molecule has 2 N–H and O–H groups in total. The maximum atomic E-state index is 12.0. The van der Waals surface area contributed by atoms with Gasteiger partial charge in [-0.25, -0.2) is 4.99 Å². The fraction of sp³-hybridized carbons (Fsp3) is 0.529. The maximum absolute atomic E-state index is 12.0. The molecule has 1 unspecified atom stereocenters. The number of carbonyl (C=O) groups excluding carboxylic acids is 1. The van der Waals surface area contributed by atoms with E-state index in [-0.39, 0.29) is 11.8 Å². The zero-order valence-corrected chi connectivity index (χ0v) is 11.9. The summed E-state index contributed by atoms with van der Waals surface area (Å²) in [6.45, 7) is 0. The van der Waals surface area contributed by atoms with Gasteiger partial charge in [0, 0.05) is 18.5 Å². The third-order valence-corrected chi connectivity index (χ3v) is 4.44. The van der Waals surface area contributed by atoms with Gasteiger partial charge in [-0.3, -0.25) is 4.79 Å². The summed E-state index contributed by atoms with van der Waals surface area (Å²) < 4.78 is 0. The number of hydrogen-bond acceptors (Lipinski definition) is 1. The number of amides is 1. The Morgan fingerprint density at radius 2 is 1.75 bits per heavy atom. The molecule has 3 rings (SSSR count). The Morgan fingerprint density at radius 3 is 2.55 bits per heavy atom. The van der Waals surface area contributed by atoms with Gasteiger partial charge in [0.1, 0.15) is 12.0 Å². The molecule has 1 atom stereocenters. The SMILES string of the molecule is O=C1Nc2ccccc2C1C=[NH+]C1CCCCCCC1. The maximum Gasteiger partial charge on any atom is 0.241 e. The monoisotopic (exact) mass is 271 g/mol. The molecule has 1 aromatic carbocycles. The average Bonchev–Trinajstić information content (AvgIpc) is 2.73. The van der Waals surface area contributed by atoms with Crippen LogP contribution in [0.4, 0.5) is 5.69 Å². The Kier molecular flexibility index (Phi) is 4.14. The summed E-state index contributed by atoms with van der Waals surface area (Å²) in [6.07, 6.45) is 11.2. The molecule has 20 heavy (non-hydrogen) atoms. The largest absolute Gasteiger partial charge is 0.325 e. The van der Waals surface area contributed by atoms with Crippen molar-refractivity contribution >= 4 is 17.8 Å². The molecule has 1 heterocycles. The minimum Gasteiger partial charge on any atom is -0.325 e. The van der Waals surface area contributed by atoms with Crippen molar-refractivity contribution in [2.24, 2.45) is 0 Å². The first-order valence-electron chi connectivity index (χ1n) is 7.84. The molecule has 1 amide bonds. The number of para-hydroxylation sites is 1. The molecule has 2 aliphatic rings. The third-order valence-electron chi connectivity index (χ3n) is 4.44. The summed E-state index contributed by atoms with van der Waals surface area (Å²) in [4.78, 5) is 15.6. The molecule has 1 fully saturated rings. The van der Waals surface area contributed by atoms with E-state index in [9.17, 15) is 4.79 Å². The Hall–Kier alpha value is -1.64. The number of anilines is 1. The van der Waals surface area contributed by atoms with E-state index in [0.717, 1.165) is 11.3 Å². The van der Waals surface area contributed by atoms with Crippen LogP contribution in [0.2, 0.25) is 0 Å². The molecule has 0 radical (unpaired) electrons. The van der Waals surface area contributed by atoms with Crippen molar-refractivity contribution in [1.82, 2.24) is 0 Å². The summed E-state index contributed by atoms with van der Waals surface area (Å²) in [5, 5.41) is 2.95. The van der Waals surface area contributed by atoms with Gasteiger partial charge in [-0.05, 0) is 24.5 Å². The molecular weight excluding hydrogens is 248 g/mol. The van der Waals surface area contributed by atoms with Crippen LogP contribution < -0.4 is 10.3 Å². The van der Waals surface area contributed by atoms with Crippen molar-refractivity contribution in [3.63, 3.8) is 0 Å². The Labute approximate surface area is 120 Å². The van der Waals surface area contributed by atoms with Crippen LogP contribution in [0.5, 0.6) is 0 Å². The van der Waals surface area contributed by atoms with E-state index in [1.165, 1.54) is 44.9 Å². The molecule has 1 aromatic rings. The Bertz CT molecular complexity index is 501. The zero-order chi connectivity index (χ0) is 13.8. The molecule has 0 aromatic heterocycles. The fourth-order valence-electron chi connectivity index (χ4n) is 3.25. The van der Waals surface area contributed by atoms with Gasteiger partial charge in [-0.15, -0.1) is 0 Å². The molecule has 1 aliphatic heterocycles. The summed E-state index contributed by atoms with van der Waals surface area (Å²) in [5.74, 6) is -0.0545. The van der Waals surface area contributed by atoms with Crippen LogP contribution in [0.1, 0.15) is 56.4 Å². The van der Waals surface area contributed by atoms with Crippen LogP contribution in [0.3, 0.4) is 0 Å². The van der Waals surface area contributed by atoms with E-state index in [2.05, 4.69) is 10.3 Å². The topological polar surface area (TPSA) is 43.1 Å². The molecule has 0 spiro atoms. The van der Waals surface area contributed by atoms with Gasteiger partial charge in [0.05, 0.1) is 0 Å². The lowest BCUT2D eigenvalue weighted by atomic mass is 9.96. The minimum absolute atomic E-state index is 0.0875. The molecule has 1 saturated carbocycles. The molecule has 3 heteroatoms. The first kappa shape index (κ1) is 13.3. The smallest absolute Gasteiger partial charge is 0.241 e. The van der Waals surface area contributed by atoms with Crippen LogP contribution in [-0.2, 0) is 4.79 Å². The predicted octanol–water partition coefficient (Wildman–Crippen LogP) is 1.99. The van der Waals surface area contributed by atoms with Crippen molar-refractivity contribution in [2.45, 2.75) is 56.9 Å². The number of benzene rings is 1.